The van der Waals surface area contributed by atoms with Gasteiger partial charge in [0, 0.05) is 24.2 Å². The average Bonchev–Trinajstić information content (AvgIpc) is 3.61. The number of halogens is 4. The quantitative estimate of drug-likeness (QED) is 0.305. The van der Waals surface area contributed by atoms with E-state index in [1.54, 1.807) is 0 Å². The van der Waals surface area contributed by atoms with Crippen molar-refractivity contribution in [3.63, 3.8) is 0 Å². The van der Waals surface area contributed by atoms with E-state index < -0.39 is 42.1 Å². The molecular weight excluding hydrogens is 524 g/mol. The molecule has 1 aliphatic rings. The van der Waals surface area contributed by atoms with Crippen molar-refractivity contribution in [2.24, 2.45) is 11.7 Å². The smallest absolute Gasteiger partial charge is 0.387 e. The lowest BCUT2D eigenvalue weighted by Gasteiger charge is -2.18. The number of carbonyl (C=O) groups is 2. The Labute approximate surface area is 220 Å². The largest absolute Gasteiger partial charge is 0.489 e. The number of benzene rings is 2. The van der Waals surface area contributed by atoms with Gasteiger partial charge in [0.2, 0.25) is 11.8 Å². The molecule has 2 aromatic carbocycles. The lowest BCUT2D eigenvalue weighted by Crippen LogP contribution is -2.40. The maximum atomic E-state index is 14.5. The number of hydrogen-bond acceptors (Lipinski definition) is 7. The summed E-state index contributed by atoms with van der Waals surface area (Å²) in [5.74, 6) is -3.54. The lowest BCUT2D eigenvalue weighted by atomic mass is 10.0. The van der Waals surface area contributed by atoms with Gasteiger partial charge in [-0.15, -0.1) is 0 Å². The molecule has 2 amide bonds. The second kappa shape index (κ2) is 11.7. The third kappa shape index (κ3) is 6.66. The highest BCUT2D eigenvalue weighted by atomic mass is 19.3. The maximum absolute atomic E-state index is 14.5. The third-order valence-corrected chi connectivity index (χ3v) is 5.92. The summed E-state index contributed by atoms with van der Waals surface area (Å²) in [6.07, 6.45) is 1.94. The van der Waals surface area contributed by atoms with Crippen molar-refractivity contribution in [1.82, 2.24) is 15.6 Å². The van der Waals surface area contributed by atoms with Gasteiger partial charge in [0.05, 0.1) is 12.6 Å². The first-order chi connectivity index (χ1) is 18.6. The second-order valence-electron chi connectivity index (χ2n) is 9.00. The molecule has 1 aromatic heterocycles. The molecule has 39 heavy (non-hydrogen) atoms. The van der Waals surface area contributed by atoms with Crippen LogP contribution in [0.4, 0.5) is 17.6 Å². The van der Waals surface area contributed by atoms with E-state index in [0.717, 1.165) is 25.0 Å². The Kier molecular flexibility index (Phi) is 8.38. The molecule has 13 heteroatoms. The molecular formula is C26H26F4N4O5. The monoisotopic (exact) mass is 550 g/mol. The van der Waals surface area contributed by atoms with E-state index >= 15 is 0 Å². The fraction of sp³-hybridized carbons (Fsp3) is 0.346. The van der Waals surface area contributed by atoms with Gasteiger partial charge in [-0.3, -0.25) is 9.59 Å². The van der Waals surface area contributed by atoms with Crippen LogP contribution in [0.2, 0.25) is 0 Å². The molecule has 1 heterocycles. The standard InChI is InChI=1S/C26H26F4N4O5/c1-12(31)22-21(24(36)33-20(23(35)32-2)16-7-6-15(27)10-17(16)28)34-25(39-22)14-5-8-18(38-26(29)30)19(9-14)37-11-13-3-4-13/h5-10,12-13,20,26H,3-4,11,31H2,1-2H3,(H,32,35)(H,33,36)/t12-,20?/m0/s1. The Bertz CT molecular complexity index is 1360. The van der Waals surface area contributed by atoms with Crippen LogP contribution in [-0.2, 0) is 4.79 Å². The van der Waals surface area contributed by atoms with Crippen LogP contribution in [0.3, 0.4) is 0 Å². The van der Waals surface area contributed by atoms with E-state index in [9.17, 15) is 27.2 Å². The van der Waals surface area contributed by atoms with Crippen LogP contribution >= 0.6 is 0 Å². The van der Waals surface area contributed by atoms with E-state index in [-0.39, 0.29) is 40.0 Å². The SMILES string of the molecule is CNC(=O)C(NC(=O)c1nc(-c2ccc(OC(F)F)c(OCC3CC3)c2)oc1[C@H](C)N)c1ccc(F)cc1F. The summed E-state index contributed by atoms with van der Waals surface area (Å²) in [4.78, 5) is 29.9. The van der Waals surface area contributed by atoms with Crippen LogP contribution in [0, 0.1) is 17.6 Å². The van der Waals surface area contributed by atoms with Crippen LogP contribution in [0.15, 0.2) is 40.8 Å². The van der Waals surface area contributed by atoms with Crippen molar-refractivity contribution in [3.05, 3.63) is 65.1 Å². The molecule has 2 atom stereocenters. The van der Waals surface area contributed by atoms with Gasteiger partial charge in [0.25, 0.3) is 5.91 Å². The number of hydrogen-bond donors (Lipinski definition) is 3. The number of likely N-dealkylation sites (N-methyl/N-ethyl adjacent to an activating group) is 1. The molecule has 1 saturated carbocycles. The first-order valence-electron chi connectivity index (χ1n) is 12.0. The van der Waals surface area contributed by atoms with E-state index in [1.165, 1.54) is 32.2 Å². The van der Waals surface area contributed by atoms with Gasteiger partial charge < -0.3 is 30.3 Å². The summed E-state index contributed by atoms with van der Waals surface area (Å²) in [6, 6.07) is 4.25. The number of alkyl halides is 2. The first-order valence-corrected chi connectivity index (χ1v) is 12.0. The van der Waals surface area contributed by atoms with Gasteiger partial charge in [-0.05, 0) is 49.9 Å². The van der Waals surface area contributed by atoms with Crippen LogP contribution in [0.5, 0.6) is 11.5 Å². The van der Waals surface area contributed by atoms with E-state index in [1.807, 2.05) is 0 Å². The minimum atomic E-state index is -3.07. The molecule has 0 saturated heterocycles. The number of rotatable bonds is 11. The lowest BCUT2D eigenvalue weighted by molar-refractivity contribution is -0.122. The molecule has 9 nitrogen and oxygen atoms in total. The normalized spacial score (nSPS) is 14.6. The van der Waals surface area contributed by atoms with Crippen LogP contribution in [-0.4, -0.2) is 37.1 Å². The minimum absolute atomic E-state index is 0.0396. The van der Waals surface area contributed by atoms with E-state index in [0.29, 0.717) is 18.6 Å². The van der Waals surface area contributed by atoms with Crippen molar-refractivity contribution in [2.45, 2.75) is 38.5 Å². The fourth-order valence-electron chi connectivity index (χ4n) is 3.73. The van der Waals surface area contributed by atoms with Crippen molar-refractivity contribution in [1.29, 1.82) is 0 Å². The highest BCUT2D eigenvalue weighted by Crippen LogP contribution is 2.37. The minimum Gasteiger partial charge on any atom is -0.489 e. The number of carbonyl (C=O) groups excluding carboxylic acids is 2. The zero-order valence-electron chi connectivity index (χ0n) is 21.0. The van der Waals surface area contributed by atoms with Crippen LogP contribution < -0.4 is 25.8 Å². The summed E-state index contributed by atoms with van der Waals surface area (Å²) in [5.41, 5.74) is 5.70. The topological polar surface area (TPSA) is 129 Å². The maximum Gasteiger partial charge on any atom is 0.387 e. The summed E-state index contributed by atoms with van der Waals surface area (Å²) in [5, 5.41) is 4.70. The highest BCUT2D eigenvalue weighted by molar-refractivity contribution is 5.97. The predicted molar refractivity (Wildman–Crippen MR) is 130 cm³/mol. The first kappa shape index (κ1) is 27.9. The molecule has 0 bridgehead atoms. The molecule has 208 valence electrons. The summed E-state index contributed by atoms with van der Waals surface area (Å²) in [7, 11) is 1.29. The molecule has 4 rings (SSSR count). The molecule has 1 aliphatic carbocycles. The van der Waals surface area contributed by atoms with Crippen LogP contribution in [0.1, 0.15) is 53.7 Å². The molecule has 1 fully saturated rings. The average molecular weight is 551 g/mol. The second-order valence-corrected chi connectivity index (χ2v) is 9.00. The van der Waals surface area contributed by atoms with Gasteiger partial charge >= 0.3 is 6.61 Å². The Balaban J connectivity index is 1.66. The Morgan fingerprint density at radius 2 is 1.90 bits per heavy atom. The molecule has 0 spiro atoms. The van der Waals surface area contributed by atoms with Gasteiger partial charge in [-0.25, -0.2) is 13.8 Å². The summed E-state index contributed by atoms with van der Waals surface area (Å²) >= 11 is 0. The van der Waals surface area contributed by atoms with Crippen molar-refractivity contribution in [3.8, 4) is 23.0 Å². The van der Waals surface area contributed by atoms with Gasteiger partial charge in [0.1, 0.15) is 17.7 Å². The Morgan fingerprint density at radius 1 is 1.15 bits per heavy atom. The molecule has 0 aliphatic heterocycles. The number of nitrogens with zero attached hydrogens (tertiary/aromatic N) is 1. The summed E-state index contributed by atoms with van der Waals surface area (Å²) < 4.78 is 69.6. The van der Waals surface area contributed by atoms with Gasteiger partial charge in [-0.2, -0.15) is 8.78 Å². The zero-order valence-corrected chi connectivity index (χ0v) is 21.0. The van der Waals surface area contributed by atoms with Crippen molar-refractivity contribution in [2.75, 3.05) is 13.7 Å². The Morgan fingerprint density at radius 3 is 2.51 bits per heavy atom. The van der Waals surface area contributed by atoms with Crippen molar-refractivity contribution < 1.29 is 41.0 Å². The third-order valence-electron chi connectivity index (χ3n) is 5.92. The molecule has 4 N–H and O–H groups in total. The highest BCUT2D eigenvalue weighted by Gasteiger charge is 2.30. The van der Waals surface area contributed by atoms with Gasteiger partial charge in [-0.1, -0.05) is 6.07 Å². The number of nitrogens with two attached hydrogens (primary N) is 1. The number of amides is 2. The molecule has 3 aromatic rings. The molecule has 1 unspecified atom stereocenters. The number of aromatic nitrogens is 1. The molecule has 0 radical (unpaired) electrons. The van der Waals surface area contributed by atoms with E-state index in [2.05, 4.69) is 20.4 Å². The Hall–Kier alpha value is -4.13. The number of nitrogens with one attached hydrogen (secondary N) is 2. The summed E-state index contributed by atoms with van der Waals surface area (Å²) in [6.45, 7) is -1.23. The number of ether oxygens (including phenoxy) is 2. The zero-order chi connectivity index (χ0) is 28.3. The number of oxazole rings is 1. The van der Waals surface area contributed by atoms with E-state index in [4.69, 9.17) is 14.9 Å². The van der Waals surface area contributed by atoms with Gasteiger partial charge in [0.15, 0.2) is 23.0 Å². The fourth-order valence-corrected chi connectivity index (χ4v) is 3.73. The van der Waals surface area contributed by atoms with Crippen molar-refractivity contribution >= 4 is 11.8 Å². The predicted octanol–water partition coefficient (Wildman–Crippen LogP) is 4.25. The van der Waals surface area contributed by atoms with Crippen LogP contribution in [0.25, 0.3) is 11.5 Å².